The van der Waals surface area contributed by atoms with Crippen molar-refractivity contribution < 1.29 is 5.11 Å². The molecule has 96 valence electrons. The van der Waals surface area contributed by atoms with Gasteiger partial charge in [-0.15, -0.1) is 0 Å². The molecule has 0 spiro atoms. The fraction of sp³-hybridized carbons (Fsp3) is 0.846. The van der Waals surface area contributed by atoms with Crippen LogP contribution in [0.25, 0.3) is 0 Å². The Morgan fingerprint density at radius 2 is 1.94 bits per heavy atom. The third kappa shape index (κ3) is 3.06. The van der Waals surface area contributed by atoms with Gasteiger partial charge in [0.1, 0.15) is 12.2 Å². The van der Waals surface area contributed by atoms with Crippen molar-refractivity contribution in [3.63, 3.8) is 0 Å². The van der Waals surface area contributed by atoms with Crippen molar-refractivity contribution in [3.8, 4) is 0 Å². The van der Waals surface area contributed by atoms with E-state index in [4.69, 9.17) is 0 Å². The van der Waals surface area contributed by atoms with E-state index in [1.54, 1.807) is 6.33 Å². The molecule has 1 heterocycles. The summed E-state index contributed by atoms with van der Waals surface area (Å²) < 4.78 is 1.92. The van der Waals surface area contributed by atoms with Gasteiger partial charge in [0.05, 0.1) is 5.60 Å². The molecule has 0 bridgehead atoms. The van der Waals surface area contributed by atoms with Gasteiger partial charge in [0, 0.05) is 12.5 Å². The van der Waals surface area contributed by atoms with Crippen molar-refractivity contribution in [2.75, 3.05) is 0 Å². The summed E-state index contributed by atoms with van der Waals surface area (Å²) in [5.74, 6) is 0.921. The average Bonchev–Trinajstić information content (AvgIpc) is 2.61. The van der Waals surface area contributed by atoms with Gasteiger partial charge < -0.3 is 5.11 Å². The molecule has 1 aromatic rings. The topological polar surface area (TPSA) is 50.9 Å². The third-order valence-corrected chi connectivity index (χ3v) is 3.66. The molecular weight excluding hydrogens is 214 g/mol. The zero-order valence-electron chi connectivity index (χ0n) is 10.9. The molecule has 4 nitrogen and oxygen atoms in total. The van der Waals surface area contributed by atoms with Crippen LogP contribution in [-0.4, -0.2) is 25.5 Å². The molecule has 0 aromatic carbocycles. The molecule has 1 aliphatic carbocycles. The van der Waals surface area contributed by atoms with E-state index in [0.717, 1.165) is 31.5 Å². The molecule has 1 aliphatic rings. The van der Waals surface area contributed by atoms with E-state index in [-0.39, 0.29) is 0 Å². The minimum Gasteiger partial charge on any atom is -0.389 e. The number of hydrogen-bond donors (Lipinski definition) is 1. The van der Waals surface area contributed by atoms with Crippen molar-refractivity contribution >= 4 is 0 Å². The molecule has 2 rings (SSSR count). The Kier molecular flexibility index (Phi) is 3.82. The van der Waals surface area contributed by atoms with Crippen LogP contribution in [0.4, 0.5) is 0 Å². The summed E-state index contributed by atoms with van der Waals surface area (Å²) in [6.07, 6.45) is 8.80. The number of nitrogens with zero attached hydrogens (tertiary/aromatic N) is 3. The highest BCUT2D eigenvalue weighted by atomic mass is 16.3. The lowest BCUT2D eigenvalue weighted by atomic mass is 9.90. The van der Waals surface area contributed by atoms with Crippen LogP contribution in [0, 0.1) is 0 Å². The lowest BCUT2D eigenvalue weighted by Crippen LogP contribution is -2.32. The lowest BCUT2D eigenvalue weighted by molar-refractivity contribution is 0.0221. The molecule has 1 fully saturated rings. The van der Waals surface area contributed by atoms with Crippen LogP contribution in [0.5, 0.6) is 0 Å². The first-order chi connectivity index (χ1) is 8.11. The van der Waals surface area contributed by atoms with Gasteiger partial charge in [0.15, 0.2) is 0 Å². The standard InChI is InChI=1S/C13H23N3O/c1-11(2)16-12(14-10-15-16)9-13(17)7-5-3-4-6-8-13/h10-11,17H,3-9H2,1-2H3. The summed E-state index contributed by atoms with van der Waals surface area (Å²) >= 11 is 0. The third-order valence-electron chi connectivity index (χ3n) is 3.66. The second-order valence-corrected chi connectivity index (χ2v) is 5.53. The molecule has 0 amide bonds. The van der Waals surface area contributed by atoms with Gasteiger partial charge in [-0.05, 0) is 26.7 Å². The Labute approximate surface area is 103 Å². The Balaban J connectivity index is 2.10. The number of hydrogen-bond acceptors (Lipinski definition) is 3. The maximum Gasteiger partial charge on any atom is 0.138 e. The number of aliphatic hydroxyl groups is 1. The molecule has 4 heteroatoms. The minimum absolute atomic E-state index is 0.307. The second kappa shape index (κ2) is 5.17. The van der Waals surface area contributed by atoms with Crippen LogP contribution in [-0.2, 0) is 6.42 Å². The molecular formula is C13H23N3O. The van der Waals surface area contributed by atoms with Crippen molar-refractivity contribution in [3.05, 3.63) is 12.2 Å². The smallest absolute Gasteiger partial charge is 0.138 e. The monoisotopic (exact) mass is 237 g/mol. The summed E-state index contributed by atoms with van der Waals surface area (Å²) in [5.41, 5.74) is -0.559. The first-order valence-electron chi connectivity index (χ1n) is 6.71. The zero-order chi connectivity index (χ0) is 12.3. The zero-order valence-corrected chi connectivity index (χ0v) is 10.9. The van der Waals surface area contributed by atoms with Crippen molar-refractivity contribution in [1.29, 1.82) is 0 Å². The summed E-state index contributed by atoms with van der Waals surface area (Å²) in [7, 11) is 0. The van der Waals surface area contributed by atoms with E-state index in [9.17, 15) is 5.11 Å². The summed E-state index contributed by atoms with van der Waals surface area (Å²) in [4.78, 5) is 4.30. The van der Waals surface area contributed by atoms with E-state index in [1.165, 1.54) is 12.8 Å². The fourth-order valence-electron chi connectivity index (χ4n) is 2.69. The molecule has 17 heavy (non-hydrogen) atoms. The quantitative estimate of drug-likeness (QED) is 0.822. The normalized spacial score (nSPS) is 20.5. The number of aromatic nitrogens is 3. The van der Waals surface area contributed by atoms with Gasteiger partial charge in [-0.1, -0.05) is 25.7 Å². The highest BCUT2D eigenvalue weighted by molar-refractivity contribution is 4.96. The molecule has 1 N–H and O–H groups in total. The Morgan fingerprint density at radius 3 is 2.53 bits per heavy atom. The van der Waals surface area contributed by atoms with Crippen LogP contribution in [0.3, 0.4) is 0 Å². The molecule has 0 unspecified atom stereocenters. The first kappa shape index (κ1) is 12.6. The van der Waals surface area contributed by atoms with Gasteiger partial charge in [0.2, 0.25) is 0 Å². The molecule has 1 aromatic heterocycles. The maximum atomic E-state index is 10.6. The SMILES string of the molecule is CC(C)n1ncnc1CC1(O)CCCCCC1. The molecule has 1 saturated carbocycles. The van der Waals surface area contributed by atoms with Crippen LogP contribution < -0.4 is 0 Å². The van der Waals surface area contributed by atoms with Gasteiger partial charge in [-0.2, -0.15) is 5.10 Å². The van der Waals surface area contributed by atoms with Crippen molar-refractivity contribution in [1.82, 2.24) is 14.8 Å². The summed E-state index contributed by atoms with van der Waals surface area (Å²) in [6.45, 7) is 4.19. The van der Waals surface area contributed by atoms with Gasteiger partial charge >= 0.3 is 0 Å². The van der Waals surface area contributed by atoms with Gasteiger partial charge in [-0.3, -0.25) is 0 Å². The maximum absolute atomic E-state index is 10.6. The lowest BCUT2D eigenvalue weighted by Gasteiger charge is -2.26. The minimum atomic E-state index is -0.559. The number of rotatable bonds is 3. The predicted octanol–water partition coefficient (Wildman–Crippen LogP) is 2.49. The average molecular weight is 237 g/mol. The fourth-order valence-corrected chi connectivity index (χ4v) is 2.69. The van der Waals surface area contributed by atoms with E-state index in [0.29, 0.717) is 12.5 Å². The van der Waals surface area contributed by atoms with Crippen molar-refractivity contribution in [2.45, 2.75) is 70.4 Å². The van der Waals surface area contributed by atoms with Crippen LogP contribution >= 0.6 is 0 Å². The summed E-state index contributed by atoms with van der Waals surface area (Å²) in [5, 5.41) is 14.9. The molecule has 0 atom stereocenters. The van der Waals surface area contributed by atoms with E-state index in [2.05, 4.69) is 23.9 Å². The molecule has 0 radical (unpaired) electrons. The highest BCUT2D eigenvalue weighted by Crippen LogP contribution is 2.29. The first-order valence-corrected chi connectivity index (χ1v) is 6.71. The second-order valence-electron chi connectivity index (χ2n) is 5.53. The van der Waals surface area contributed by atoms with Crippen LogP contribution in [0.1, 0.15) is 64.2 Å². The van der Waals surface area contributed by atoms with E-state index < -0.39 is 5.60 Å². The predicted molar refractivity (Wildman–Crippen MR) is 66.8 cm³/mol. The van der Waals surface area contributed by atoms with Crippen LogP contribution in [0.2, 0.25) is 0 Å². The molecule has 0 aliphatic heterocycles. The highest BCUT2D eigenvalue weighted by Gasteiger charge is 2.30. The van der Waals surface area contributed by atoms with Crippen molar-refractivity contribution in [2.24, 2.45) is 0 Å². The van der Waals surface area contributed by atoms with Gasteiger partial charge in [0.25, 0.3) is 0 Å². The molecule has 0 saturated heterocycles. The van der Waals surface area contributed by atoms with E-state index in [1.807, 2.05) is 4.68 Å². The van der Waals surface area contributed by atoms with Gasteiger partial charge in [-0.25, -0.2) is 9.67 Å². The largest absolute Gasteiger partial charge is 0.389 e. The van der Waals surface area contributed by atoms with E-state index >= 15 is 0 Å². The van der Waals surface area contributed by atoms with Crippen LogP contribution in [0.15, 0.2) is 6.33 Å². The Hall–Kier alpha value is -0.900. The Morgan fingerprint density at radius 1 is 1.29 bits per heavy atom. The summed E-state index contributed by atoms with van der Waals surface area (Å²) in [6, 6.07) is 0.307. The Bertz CT molecular complexity index is 351.